The molecule has 2 aromatic carbocycles. The lowest BCUT2D eigenvalue weighted by Gasteiger charge is -2.28. The Labute approximate surface area is 322 Å². The van der Waals surface area contributed by atoms with E-state index in [2.05, 4.69) is 9.97 Å². The summed E-state index contributed by atoms with van der Waals surface area (Å²) in [7, 11) is 3.25. The summed E-state index contributed by atoms with van der Waals surface area (Å²) < 4.78 is 40.6. The number of amides is 2. The number of hydrogen-bond acceptors (Lipinski definition) is 10. The second kappa shape index (κ2) is 16.3. The fourth-order valence-corrected chi connectivity index (χ4v) is 7.77. The minimum Gasteiger partial charge on any atom is -0.378 e. The summed E-state index contributed by atoms with van der Waals surface area (Å²) in [5.41, 5.74) is 2.71. The number of aromatic nitrogens is 4. The topological polar surface area (TPSA) is 135 Å². The van der Waals surface area contributed by atoms with Gasteiger partial charge in [-0.2, -0.15) is 0 Å². The summed E-state index contributed by atoms with van der Waals surface area (Å²) in [5.74, 6) is 1.07. The van der Waals surface area contributed by atoms with Crippen LogP contribution >= 0.6 is 0 Å². The summed E-state index contributed by atoms with van der Waals surface area (Å²) in [6, 6.07) is 11.8. The molecule has 6 heterocycles. The van der Waals surface area contributed by atoms with E-state index in [0.717, 1.165) is 22.5 Å². The van der Waals surface area contributed by atoms with Gasteiger partial charge in [0.2, 0.25) is 11.8 Å². The lowest BCUT2D eigenvalue weighted by atomic mass is 10.1. The maximum Gasteiger partial charge on any atom is 0.255 e. The average molecular weight is 773 g/mol. The van der Waals surface area contributed by atoms with Crippen LogP contribution in [-0.2, 0) is 58.8 Å². The van der Waals surface area contributed by atoms with Crippen LogP contribution in [0.5, 0.6) is 0 Å². The Morgan fingerprint density at radius 2 is 1.02 bits per heavy atom. The van der Waals surface area contributed by atoms with Crippen molar-refractivity contribution in [2.24, 2.45) is 14.1 Å². The Hall–Kier alpha value is -5.48. The van der Waals surface area contributed by atoms with Crippen LogP contribution in [0.3, 0.4) is 0 Å². The fourth-order valence-electron chi connectivity index (χ4n) is 7.77. The van der Waals surface area contributed by atoms with E-state index < -0.39 is 0 Å². The lowest BCUT2D eigenvalue weighted by molar-refractivity contribution is -0.119. The van der Waals surface area contributed by atoms with Crippen LogP contribution in [0, 0.1) is 11.6 Å². The number of anilines is 4. The fraction of sp³-hybridized carbons (Fsp3) is 0.450. The van der Waals surface area contributed by atoms with Crippen LogP contribution in [0.25, 0.3) is 0 Å². The first kappa shape index (κ1) is 38.8. The van der Waals surface area contributed by atoms with Gasteiger partial charge in [-0.1, -0.05) is 0 Å². The molecule has 0 bridgehead atoms. The zero-order chi connectivity index (χ0) is 39.7. The summed E-state index contributed by atoms with van der Waals surface area (Å²) >= 11 is 0. The van der Waals surface area contributed by atoms with E-state index in [1.807, 2.05) is 23.6 Å². The highest BCUT2D eigenvalue weighted by Crippen LogP contribution is 2.34. The van der Waals surface area contributed by atoms with Crippen LogP contribution in [0.1, 0.15) is 36.6 Å². The van der Waals surface area contributed by atoms with Crippen molar-refractivity contribution in [2.75, 3.05) is 72.2 Å². The van der Waals surface area contributed by atoms with Gasteiger partial charge < -0.3 is 29.1 Å². The van der Waals surface area contributed by atoms with Crippen molar-refractivity contribution in [3.8, 4) is 0 Å². The summed E-state index contributed by atoms with van der Waals surface area (Å²) in [4.78, 5) is 67.5. The van der Waals surface area contributed by atoms with Crippen molar-refractivity contribution >= 4 is 34.8 Å². The van der Waals surface area contributed by atoms with Crippen molar-refractivity contribution in [1.29, 1.82) is 0 Å². The second-order valence-electron chi connectivity index (χ2n) is 14.6. The monoisotopic (exact) mass is 772 g/mol. The first-order chi connectivity index (χ1) is 26.9. The molecule has 0 radical (unpaired) electrons. The number of fused-ring (bicyclic) bond motifs is 2. The molecule has 0 N–H and O–H groups in total. The molecule has 0 aliphatic carbocycles. The van der Waals surface area contributed by atoms with E-state index in [9.17, 15) is 28.0 Å². The highest BCUT2D eigenvalue weighted by Gasteiger charge is 2.33. The predicted molar refractivity (Wildman–Crippen MR) is 207 cm³/mol. The molecule has 0 saturated carbocycles. The molecule has 2 amide bonds. The average Bonchev–Trinajstić information content (AvgIpc) is 3.69. The normalized spacial score (nSPS) is 19.0. The minimum atomic E-state index is -0.303. The largest absolute Gasteiger partial charge is 0.378 e. The maximum atomic E-state index is 13.5. The number of nitrogens with zero attached hydrogens (tertiary/aromatic N) is 8. The molecule has 4 aliphatic rings. The number of carbonyl (C=O) groups is 2. The zero-order valence-corrected chi connectivity index (χ0v) is 32.0. The Kier molecular flexibility index (Phi) is 11.3. The molecule has 296 valence electrons. The van der Waals surface area contributed by atoms with Gasteiger partial charge in [0.05, 0.1) is 39.3 Å². The van der Waals surface area contributed by atoms with E-state index >= 15 is 0 Å². The van der Waals surface area contributed by atoms with E-state index in [-0.39, 0.29) is 59.5 Å². The second-order valence-corrected chi connectivity index (χ2v) is 14.6. The molecule has 16 heteroatoms. The predicted octanol–water partition coefficient (Wildman–Crippen LogP) is 2.55. The Bertz CT molecular complexity index is 2090. The van der Waals surface area contributed by atoms with E-state index in [1.165, 1.54) is 45.5 Å². The van der Waals surface area contributed by atoms with Crippen LogP contribution in [-0.4, -0.2) is 95.6 Å². The maximum absolute atomic E-state index is 13.5. The highest BCUT2D eigenvalue weighted by molar-refractivity contribution is 5.98. The first-order valence-electron chi connectivity index (χ1n) is 18.9. The van der Waals surface area contributed by atoms with Crippen LogP contribution in [0.15, 0.2) is 58.1 Å². The molecule has 2 atom stereocenters. The molecule has 14 nitrogen and oxygen atoms in total. The third-order valence-electron chi connectivity index (χ3n) is 10.8. The number of rotatable bonds is 6. The standard InChI is InChI=1S/2C20H23FN4O3/c2*1-13-9-14-10-15(21)3-4-16(14)25(13)20(27)11-17-22-18(12-19(26)23(17)2)24-5-7-28-8-6-24/h2*3-4,10,12-13H,5-9,11H2,1-2H3/t2*13-/m10/s1. The van der Waals surface area contributed by atoms with Crippen molar-refractivity contribution < 1.29 is 27.8 Å². The van der Waals surface area contributed by atoms with Crippen molar-refractivity contribution in [1.82, 2.24) is 19.1 Å². The summed E-state index contributed by atoms with van der Waals surface area (Å²) in [5, 5.41) is 0. The third-order valence-corrected chi connectivity index (χ3v) is 10.8. The van der Waals surface area contributed by atoms with Gasteiger partial charge in [0.1, 0.15) is 34.9 Å². The molecular weight excluding hydrogens is 726 g/mol. The van der Waals surface area contributed by atoms with Gasteiger partial charge in [0.25, 0.3) is 11.1 Å². The number of hydrogen-bond donors (Lipinski definition) is 0. The molecule has 2 fully saturated rings. The van der Waals surface area contributed by atoms with Gasteiger partial charge >= 0.3 is 0 Å². The van der Waals surface area contributed by atoms with E-state index in [4.69, 9.17) is 9.47 Å². The molecule has 56 heavy (non-hydrogen) atoms. The molecule has 4 aliphatic heterocycles. The number of carbonyl (C=O) groups excluding carboxylic acids is 2. The van der Waals surface area contributed by atoms with Gasteiger partial charge in [-0.05, 0) is 74.2 Å². The summed E-state index contributed by atoms with van der Waals surface area (Å²) in [6.45, 7) is 8.87. The van der Waals surface area contributed by atoms with E-state index in [1.54, 1.807) is 36.0 Å². The van der Waals surface area contributed by atoms with Gasteiger partial charge in [0.15, 0.2) is 0 Å². The van der Waals surface area contributed by atoms with Gasteiger partial charge in [-0.3, -0.25) is 28.3 Å². The third kappa shape index (κ3) is 8.07. The zero-order valence-electron chi connectivity index (χ0n) is 32.0. The molecule has 2 saturated heterocycles. The van der Waals surface area contributed by atoms with Gasteiger partial charge in [-0.15, -0.1) is 0 Å². The molecular formula is C40H46F2N8O6. The number of ether oxygens (including phenoxy) is 2. The number of benzene rings is 2. The Morgan fingerprint density at radius 1 is 0.643 bits per heavy atom. The molecule has 0 unspecified atom stereocenters. The van der Waals surface area contributed by atoms with Gasteiger partial charge in [0, 0.05) is 75.9 Å². The molecule has 0 spiro atoms. The SMILES string of the molecule is C[C@@H]1Cc2cc(F)ccc2N1C(=O)Cc1nc(N2CCOCC2)cc(=O)n1C.C[C@H]1Cc2cc(F)ccc2N1C(=O)Cc1nc(N2CCOCC2)cc(=O)n1C. The Morgan fingerprint density at radius 3 is 1.39 bits per heavy atom. The minimum absolute atomic E-state index is 0.00504. The molecule has 2 aromatic heterocycles. The smallest absolute Gasteiger partial charge is 0.255 e. The quantitative estimate of drug-likeness (QED) is 0.288. The summed E-state index contributed by atoms with van der Waals surface area (Å²) in [6.07, 6.45) is 1.23. The highest BCUT2D eigenvalue weighted by atomic mass is 19.1. The number of halogens is 2. The van der Waals surface area contributed by atoms with Crippen molar-refractivity contribution in [3.05, 3.63) is 104 Å². The van der Waals surface area contributed by atoms with Crippen LogP contribution < -0.4 is 30.7 Å². The van der Waals surface area contributed by atoms with Gasteiger partial charge in [-0.25, -0.2) is 18.7 Å². The van der Waals surface area contributed by atoms with Crippen molar-refractivity contribution in [3.63, 3.8) is 0 Å². The Balaban J connectivity index is 0.000000172. The van der Waals surface area contributed by atoms with Crippen LogP contribution in [0.4, 0.5) is 31.8 Å². The van der Waals surface area contributed by atoms with E-state index in [0.29, 0.717) is 88.7 Å². The van der Waals surface area contributed by atoms with Crippen molar-refractivity contribution in [2.45, 2.75) is 51.6 Å². The first-order valence-corrected chi connectivity index (χ1v) is 18.9. The molecule has 4 aromatic rings. The van der Waals surface area contributed by atoms with Crippen LogP contribution in [0.2, 0.25) is 0 Å². The molecule has 8 rings (SSSR count). The lowest BCUT2D eigenvalue weighted by Crippen LogP contribution is -2.40. The number of morpholine rings is 2.